The van der Waals surface area contributed by atoms with Crippen molar-refractivity contribution in [1.29, 1.82) is 0 Å². The summed E-state index contributed by atoms with van der Waals surface area (Å²) in [7, 11) is -3.69. The van der Waals surface area contributed by atoms with E-state index in [-0.39, 0.29) is 35.6 Å². The van der Waals surface area contributed by atoms with Gasteiger partial charge >= 0.3 is 0 Å². The number of fused-ring (bicyclic) bond motifs is 2. The highest BCUT2D eigenvalue weighted by molar-refractivity contribution is 7.90. The maximum absolute atomic E-state index is 13.2. The summed E-state index contributed by atoms with van der Waals surface area (Å²) in [6, 6.07) is 13.5. The van der Waals surface area contributed by atoms with E-state index in [4.69, 9.17) is 9.47 Å². The molecule has 2 aromatic rings. The lowest BCUT2D eigenvalue weighted by molar-refractivity contribution is -0.142. The van der Waals surface area contributed by atoms with Gasteiger partial charge < -0.3 is 19.3 Å². The van der Waals surface area contributed by atoms with Gasteiger partial charge in [0.05, 0.1) is 30.3 Å². The predicted octanol–water partition coefficient (Wildman–Crippen LogP) is 0.378. The number of nitrogens with zero attached hydrogens (tertiary/aromatic N) is 3. The molecule has 2 amide bonds. The lowest BCUT2D eigenvalue weighted by Crippen LogP contribution is -2.54. The molecule has 0 saturated carbocycles. The number of amidine groups is 1. The zero-order valence-electron chi connectivity index (χ0n) is 17.6. The third kappa shape index (κ3) is 4.05. The lowest BCUT2D eigenvalue weighted by atomic mass is 10.1. The van der Waals surface area contributed by atoms with Crippen molar-refractivity contribution in [2.24, 2.45) is 4.99 Å². The molecule has 3 heterocycles. The zero-order chi connectivity index (χ0) is 23.0. The van der Waals surface area contributed by atoms with E-state index in [1.54, 1.807) is 47.4 Å². The molecule has 0 radical (unpaired) electrons. The van der Waals surface area contributed by atoms with Crippen LogP contribution in [0, 0.1) is 0 Å². The Balaban J connectivity index is 1.38. The predicted molar refractivity (Wildman–Crippen MR) is 119 cm³/mol. The Morgan fingerprint density at radius 2 is 1.79 bits per heavy atom. The van der Waals surface area contributed by atoms with Gasteiger partial charge in [-0.2, -0.15) is 0 Å². The first kappa shape index (κ1) is 21.4. The highest BCUT2D eigenvalue weighted by Crippen LogP contribution is 2.34. The van der Waals surface area contributed by atoms with E-state index >= 15 is 0 Å². The van der Waals surface area contributed by atoms with Gasteiger partial charge in [-0.25, -0.2) is 8.42 Å². The minimum atomic E-state index is -3.69. The number of rotatable bonds is 3. The number of hydrogen-bond acceptors (Lipinski definition) is 7. The Labute approximate surface area is 190 Å². The molecule has 1 N–H and O–H groups in total. The maximum Gasteiger partial charge on any atom is 0.265 e. The topological polar surface area (TPSA) is 118 Å². The summed E-state index contributed by atoms with van der Waals surface area (Å²) < 4.78 is 38.2. The normalized spacial score (nSPS) is 22.2. The largest absolute Gasteiger partial charge is 0.476 e. The zero-order valence-corrected chi connectivity index (χ0v) is 18.5. The van der Waals surface area contributed by atoms with Crippen LogP contribution in [-0.4, -0.2) is 76.5 Å². The summed E-state index contributed by atoms with van der Waals surface area (Å²) in [6.45, 7) is 1.63. The van der Waals surface area contributed by atoms with E-state index < -0.39 is 16.1 Å². The summed E-state index contributed by atoms with van der Waals surface area (Å²) in [4.78, 5) is 33.7. The molecule has 0 aromatic heterocycles. The van der Waals surface area contributed by atoms with Gasteiger partial charge in [0.1, 0.15) is 18.1 Å². The number of ether oxygens (including phenoxy) is 2. The fourth-order valence-electron chi connectivity index (χ4n) is 4.07. The Morgan fingerprint density at radius 3 is 2.61 bits per heavy atom. The number of nitrogens with one attached hydrogen (secondary N) is 1. The average Bonchev–Trinajstić information content (AvgIpc) is 3.12. The molecule has 0 spiro atoms. The van der Waals surface area contributed by atoms with Gasteiger partial charge in [-0.1, -0.05) is 24.3 Å². The Morgan fingerprint density at radius 1 is 1.06 bits per heavy atom. The third-order valence-electron chi connectivity index (χ3n) is 5.71. The minimum Gasteiger partial charge on any atom is -0.476 e. The van der Waals surface area contributed by atoms with Gasteiger partial charge in [0.2, 0.25) is 5.91 Å². The summed E-state index contributed by atoms with van der Waals surface area (Å²) in [5.74, 6) is -0.0132. The Hall–Kier alpha value is -3.44. The minimum absolute atomic E-state index is 0.0409. The molecule has 1 saturated heterocycles. The standard InChI is InChI=1S/C22H22N4O6S/c27-20(13-23-21-15-5-1-4-8-19(15)33(29,30)24-21)26-14-18(22(28)25-9-11-31-12-10-25)32-17-7-3-2-6-16(17)26/h1-8,18H,9-14H2,(H,23,24)/t18-/m0/s1. The van der Waals surface area contributed by atoms with Crippen molar-refractivity contribution in [3.8, 4) is 5.75 Å². The van der Waals surface area contributed by atoms with E-state index in [9.17, 15) is 18.0 Å². The molecule has 1 fully saturated rings. The summed E-state index contributed by atoms with van der Waals surface area (Å²) in [6.07, 6.45) is -0.847. The van der Waals surface area contributed by atoms with Crippen LogP contribution in [0.4, 0.5) is 5.69 Å². The van der Waals surface area contributed by atoms with E-state index in [0.29, 0.717) is 43.3 Å². The summed E-state index contributed by atoms with van der Waals surface area (Å²) in [5, 5.41) is 0. The smallest absolute Gasteiger partial charge is 0.265 e. The van der Waals surface area contributed by atoms with Crippen molar-refractivity contribution < 1.29 is 27.5 Å². The van der Waals surface area contributed by atoms with Gasteiger partial charge in [-0.05, 0) is 24.3 Å². The summed E-state index contributed by atoms with van der Waals surface area (Å²) >= 11 is 0. The van der Waals surface area contributed by atoms with E-state index in [1.165, 1.54) is 11.0 Å². The average molecular weight is 471 g/mol. The highest BCUT2D eigenvalue weighted by atomic mass is 32.2. The van der Waals surface area contributed by atoms with Crippen molar-refractivity contribution in [2.45, 2.75) is 11.0 Å². The molecule has 2 aromatic carbocycles. The molecule has 33 heavy (non-hydrogen) atoms. The number of anilines is 1. The fourth-order valence-corrected chi connectivity index (χ4v) is 5.32. The SMILES string of the molecule is O=C([C@@H]1CN(C(=O)CN=C2NS(=O)(=O)c3ccccc32)c2ccccc2O1)N1CCOCC1. The molecule has 3 aliphatic rings. The van der Waals surface area contributed by atoms with Crippen LogP contribution >= 0.6 is 0 Å². The number of sulfonamides is 1. The lowest BCUT2D eigenvalue weighted by Gasteiger charge is -2.37. The second kappa shape index (κ2) is 8.49. The number of carbonyl (C=O) groups excluding carboxylic acids is 2. The van der Waals surface area contributed by atoms with Crippen LogP contribution in [0.15, 0.2) is 58.4 Å². The first-order valence-electron chi connectivity index (χ1n) is 10.5. The maximum atomic E-state index is 13.2. The summed E-state index contributed by atoms with van der Waals surface area (Å²) in [5.41, 5.74) is 0.967. The monoisotopic (exact) mass is 470 g/mol. The van der Waals surface area contributed by atoms with Crippen molar-refractivity contribution in [3.63, 3.8) is 0 Å². The molecule has 0 unspecified atom stereocenters. The van der Waals surface area contributed by atoms with Crippen molar-refractivity contribution in [2.75, 3.05) is 44.3 Å². The second-order valence-corrected chi connectivity index (χ2v) is 9.43. The molecule has 0 bridgehead atoms. The van der Waals surface area contributed by atoms with Gasteiger partial charge in [-0.3, -0.25) is 19.3 Å². The van der Waals surface area contributed by atoms with Gasteiger partial charge in [0.15, 0.2) is 6.10 Å². The van der Waals surface area contributed by atoms with Crippen LogP contribution in [-0.2, 0) is 24.3 Å². The van der Waals surface area contributed by atoms with E-state index in [1.807, 2.05) is 0 Å². The van der Waals surface area contributed by atoms with E-state index in [2.05, 4.69) is 9.71 Å². The van der Waals surface area contributed by atoms with Crippen LogP contribution in [0.3, 0.4) is 0 Å². The van der Waals surface area contributed by atoms with Crippen LogP contribution in [0.5, 0.6) is 5.75 Å². The molecular weight excluding hydrogens is 448 g/mol. The number of hydrogen-bond donors (Lipinski definition) is 1. The van der Waals surface area contributed by atoms with Crippen LogP contribution in [0.2, 0.25) is 0 Å². The molecule has 11 heteroatoms. The molecule has 5 rings (SSSR count). The van der Waals surface area contributed by atoms with Crippen molar-refractivity contribution >= 4 is 33.4 Å². The Bertz CT molecular complexity index is 1240. The molecule has 0 aliphatic carbocycles. The van der Waals surface area contributed by atoms with Gasteiger partial charge in [-0.15, -0.1) is 0 Å². The van der Waals surface area contributed by atoms with Crippen LogP contribution in [0.25, 0.3) is 0 Å². The first-order chi connectivity index (χ1) is 15.9. The molecule has 1 atom stereocenters. The molecular formula is C22H22N4O6S. The van der Waals surface area contributed by atoms with Crippen LogP contribution in [0.1, 0.15) is 5.56 Å². The third-order valence-corrected chi connectivity index (χ3v) is 7.11. The number of morpholine rings is 1. The van der Waals surface area contributed by atoms with Gasteiger partial charge in [0, 0.05) is 18.7 Å². The van der Waals surface area contributed by atoms with Gasteiger partial charge in [0.25, 0.3) is 15.9 Å². The Kier molecular flexibility index (Phi) is 5.51. The molecule has 3 aliphatic heterocycles. The quantitative estimate of drug-likeness (QED) is 0.693. The first-order valence-corrected chi connectivity index (χ1v) is 12.0. The number of aliphatic imine (C=N–C) groups is 1. The number of carbonyl (C=O) groups is 2. The second-order valence-electron chi connectivity index (χ2n) is 7.78. The van der Waals surface area contributed by atoms with Crippen LogP contribution < -0.4 is 14.4 Å². The van der Waals surface area contributed by atoms with E-state index in [0.717, 1.165) is 0 Å². The van der Waals surface area contributed by atoms with Crippen molar-refractivity contribution in [1.82, 2.24) is 9.62 Å². The molecule has 10 nitrogen and oxygen atoms in total. The molecule has 172 valence electrons. The number of benzene rings is 2. The van der Waals surface area contributed by atoms with Crippen molar-refractivity contribution in [3.05, 3.63) is 54.1 Å². The number of amides is 2. The highest BCUT2D eigenvalue weighted by Gasteiger charge is 2.37. The fraction of sp³-hybridized carbons (Fsp3) is 0.318. The number of para-hydroxylation sites is 2.